The fourth-order valence-electron chi connectivity index (χ4n) is 2.67. The van der Waals surface area contributed by atoms with Crippen molar-refractivity contribution in [1.29, 1.82) is 0 Å². The molecule has 2 N–H and O–H groups in total. The highest BCUT2D eigenvalue weighted by Crippen LogP contribution is 2.30. The minimum absolute atomic E-state index is 0.256. The average Bonchev–Trinajstić information content (AvgIpc) is 2.57. The van der Waals surface area contributed by atoms with Crippen LogP contribution in [0.4, 0.5) is 10.5 Å². The van der Waals surface area contributed by atoms with Crippen molar-refractivity contribution >= 4 is 17.7 Å². The molecule has 1 aromatic rings. The minimum atomic E-state index is -0.793. The molecule has 2 rings (SSSR count). The topological polar surface area (TPSA) is 88.1 Å². The SMILES string of the molecule is CCOc1ccc(OCC)c(NC(=O)N2CCC(C(=O)O)CC2)c1. The summed E-state index contributed by atoms with van der Waals surface area (Å²) in [6.45, 7) is 5.64. The number of amides is 2. The number of likely N-dealkylation sites (tertiary alicyclic amines) is 1. The summed E-state index contributed by atoms with van der Waals surface area (Å²) >= 11 is 0. The summed E-state index contributed by atoms with van der Waals surface area (Å²) in [4.78, 5) is 25.1. The minimum Gasteiger partial charge on any atom is -0.494 e. The highest BCUT2D eigenvalue weighted by molar-refractivity contribution is 5.91. The second kappa shape index (κ2) is 8.42. The van der Waals surface area contributed by atoms with Crippen LogP contribution in [0.25, 0.3) is 0 Å². The molecule has 2 amide bonds. The number of hydrogen-bond donors (Lipinski definition) is 2. The first-order chi connectivity index (χ1) is 11.5. The molecule has 0 atom stereocenters. The number of urea groups is 1. The van der Waals surface area contributed by atoms with Gasteiger partial charge >= 0.3 is 12.0 Å². The summed E-state index contributed by atoms with van der Waals surface area (Å²) in [5.41, 5.74) is 0.549. The van der Waals surface area contributed by atoms with Gasteiger partial charge in [0.05, 0.1) is 24.8 Å². The second-order valence-corrected chi connectivity index (χ2v) is 5.55. The first kappa shape index (κ1) is 17.9. The van der Waals surface area contributed by atoms with Crippen molar-refractivity contribution in [2.24, 2.45) is 5.92 Å². The maximum atomic E-state index is 12.4. The summed E-state index contributed by atoms with van der Waals surface area (Å²) in [5, 5.41) is 11.9. The zero-order chi connectivity index (χ0) is 17.5. The molecule has 0 aromatic heterocycles. The number of rotatable bonds is 6. The zero-order valence-corrected chi connectivity index (χ0v) is 14.1. The maximum Gasteiger partial charge on any atom is 0.321 e. The Balaban J connectivity index is 2.04. The van der Waals surface area contributed by atoms with Gasteiger partial charge in [0.25, 0.3) is 0 Å². The lowest BCUT2D eigenvalue weighted by Gasteiger charge is -2.30. The van der Waals surface area contributed by atoms with Gasteiger partial charge in [0.2, 0.25) is 0 Å². The third kappa shape index (κ3) is 4.53. The molecule has 0 spiro atoms. The molecule has 1 aromatic carbocycles. The van der Waals surface area contributed by atoms with E-state index in [1.54, 1.807) is 23.1 Å². The predicted octanol–water partition coefficient (Wildman–Crippen LogP) is 2.81. The standard InChI is InChI=1S/C17H24N2O5/c1-3-23-13-5-6-15(24-4-2)14(11-13)18-17(22)19-9-7-12(8-10-19)16(20)21/h5-6,11-12H,3-4,7-10H2,1-2H3,(H,18,22)(H,20,21). The number of hydrogen-bond acceptors (Lipinski definition) is 4. The second-order valence-electron chi connectivity index (χ2n) is 5.55. The Morgan fingerprint density at radius 3 is 2.46 bits per heavy atom. The first-order valence-corrected chi connectivity index (χ1v) is 8.23. The molecule has 0 aliphatic carbocycles. The van der Waals surface area contributed by atoms with Gasteiger partial charge < -0.3 is 24.8 Å². The average molecular weight is 336 g/mol. The number of carboxylic acid groups (broad SMARTS) is 1. The summed E-state index contributed by atoms with van der Waals surface area (Å²) in [7, 11) is 0. The summed E-state index contributed by atoms with van der Waals surface area (Å²) in [6.07, 6.45) is 0.945. The molecule has 0 unspecified atom stereocenters. The monoisotopic (exact) mass is 336 g/mol. The van der Waals surface area contributed by atoms with Crippen LogP contribution in [0.15, 0.2) is 18.2 Å². The van der Waals surface area contributed by atoms with Crippen molar-refractivity contribution in [3.05, 3.63) is 18.2 Å². The van der Waals surface area contributed by atoms with Gasteiger partial charge in [-0.1, -0.05) is 0 Å². The molecule has 1 fully saturated rings. The molecule has 7 heteroatoms. The van der Waals surface area contributed by atoms with E-state index in [1.807, 2.05) is 13.8 Å². The van der Waals surface area contributed by atoms with Crippen LogP contribution in [0.5, 0.6) is 11.5 Å². The molecular formula is C17H24N2O5. The smallest absolute Gasteiger partial charge is 0.321 e. The van der Waals surface area contributed by atoms with Crippen LogP contribution in [0.2, 0.25) is 0 Å². The van der Waals surface area contributed by atoms with E-state index in [0.717, 1.165) is 0 Å². The molecule has 0 saturated carbocycles. The van der Waals surface area contributed by atoms with Crippen LogP contribution in [-0.4, -0.2) is 48.3 Å². The largest absolute Gasteiger partial charge is 0.494 e. The van der Waals surface area contributed by atoms with E-state index in [-0.39, 0.29) is 11.9 Å². The molecule has 24 heavy (non-hydrogen) atoms. The van der Waals surface area contributed by atoms with Crippen LogP contribution in [0, 0.1) is 5.92 Å². The lowest BCUT2D eigenvalue weighted by molar-refractivity contribution is -0.143. The van der Waals surface area contributed by atoms with Crippen LogP contribution in [-0.2, 0) is 4.79 Å². The predicted molar refractivity (Wildman–Crippen MR) is 89.7 cm³/mol. The molecule has 132 valence electrons. The lowest BCUT2D eigenvalue weighted by Crippen LogP contribution is -2.42. The number of nitrogens with one attached hydrogen (secondary N) is 1. The van der Waals surface area contributed by atoms with Crippen LogP contribution < -0.4 is 14.8 Å². The fraction of sp³-hybridized carbons (Fsp3) is 0.529. The van der Waals surface area contributed by atoms with Gasteiger partial charge in [0.15, 0.2) is 0 Å². The quantitative estimate of drug-likeness (QED) is 0.834. The Morgan fingerprint density at radius 1 is 1.21 bits per heavy atom. The van der Waals surface area contributed by atoms with E-state index in [9.17, 15) is 9.59 Å². The highest BCUT2D eigenvalue weighted by Gasteiger charge is 2.27. The fourth-order valence-corrected chi connectivity index (χ4v) is 2.67. The molecule has 7 nitrogen and oxygen atoms in total. The summed E-state index contributed by atoms with van der Waals surface area (Å²) in [5.74, 6) is 0.0722. The first-order valence-electron chi connectivity index (χ1n) is 8.23. The van der Waals surface area contributed by atoms with Gasteiger partial charge in [-0.15, -0.1) is 0 Å². The summed E-state index contributed by atoms with van der Waals surface area (Å²) < 4.78 is 11.0. The number of ether oxygens (including phenoxy) is 2. The van der Waals surface area contributed by atoms with Gasteiger partial charge in [0, 0.05) is 19.2 Å². The molecule has 1 aliphatic rings. The van der Waals surface area contributed by atoms with Crippen LogP contribution >= 0.6 is 0 Å². The van der Waals surface area contributed by atoms with E-state index in [1.165, 1.54) is 0 Å². The van der Waals surface area contributed by atoms with Gasteiger partial charge in [-0.25, -0.2) is 4.79 Å². The van der Waals surface area contributed by atoms with E-state index in [0.29, 0.717) is 56.3 Å². The van der Waals surface area contributed by atoms with Crippen LogP contribution in [0.1, 0.15) is 26.7 Å². The number of nitrogens with zero attached hydrogens (tertiary/aromatic N) is 1. The van der Waals surface area contributed by atoms with Crippen molar-refractivity contribution in [3.8, 4) is 11.5 Å². The number of carboxylic acids is 1. The molecule has 1 heterocycles. The van der Waals surface area contributed by atoms with E-state index >= 15 is 0 Å². The number of carbonyl (C=O) groups is 2. The Hall–Kier alpha value is -2.44. The third-order valence-electron chi connectivity index (χ3n) is 3.93. The Kier molecular flexibility index (Phi) is 6.28. The molecular weight excluding hydrogens is 312 g/mol. The molecule has 0 bridgehead atoms. The zero-order valence-electron chi connectivity index (χ0n) is 14.1. The Labute approximate surface area is 141 Å². The number of carbonyl (C=O) groups excluding carboxylic acids is 1. The van der Waals surface area contributed by atoms with Gasteiger partial charge in [-0.3, -0.25) is 4.79 Å². The van der Waals surface area contributed by atoms with E-state index in [4.69, 9.17) is 14.6 Å². The van der Waals surface area contributed by atoms with Crippen LogP contribution in [0.3, 0.4) is 0 Å². The maximum absolute atomic E-state index is 12.4. The van der Waals surface area contributed by atoms with Crippen molar-refractivity contribution in [1.82, 2.24) is 4.90 Å². The summed E-state index contributed by atoms with van der Waals surface area (Å²) in [6, 6.07) is 5.04. The van der Waals surface area contributed by atoms with Gasteiger partial charge in [-0.2, -0.15) is 0 Å². The van der Waals surface area contributed by atoms with Gasteiger partial charge in [0.1, 0.15) is 11.5 Å². The number of benzene rings is 1. The van der Waals surface area contributed by atoms with Crippen molar-refractivity contribution in [2.75, 3.05) is 31.6 Å². The third-order valence-corrected chi connectivity index (χ3v) is 3.93. The van der Waals surface area contributed by atoms with E-state index in [2.05, 4.69) is 5.32 Å². The van der Waals surface area contributed by atoms with E-state index < -0.39 is 5.97 Å². The number of aliphatic carboxylic acids is 1. The van der Waals surface area contributed by atoms with Gasteiger partial charge in [-0.05, 0) is 38.8 Å². The molecule has 1 aliphatic heterocycles. The Morgan fingerprint density at radius 2 is 1.88 bits per heavy atom. The Bertz CT molecular complexity index is 582. The number of anilines is 1. The molecule has 1 saturated heterocycles. The highest BCUT2D eigenvalue weighted by atomic mass is 16.5. The normalized spacial score (nSPS) is 15.0. The van der Waals surface area contributed by atoms with Crippen molar-refractivity contribution < 1.29 is 24.2 Å². The molecule has 0 radical (unpaired) electrons. The van der Waals surface area contributed by atoms with Crippen molar-refractivity contribution in [3.63, 3.8) is 0 Å². The van der Waals surface area contributed by atoms with Crippen molar-refractivity contribution in [2.45, 2.75) is 26.7 Å². The lowest BCUT2D eigenvalue weighted by atomic mass is 9.97. The number of piperidine rings is 1.